The first-order valence-electron chi connectivity index (χ1n) is 7.91. The van der Waals surface area contributed by atoms with Crippen molar-refractivity contribution >= 4 is 29.0 Å². The predicted octanol–water partition coefficient (Wildman–Crippen LogP) is 4.04. The number of alkyl halides is 3. The van der Waals surface area contributed by atoms with Crippen molar-refractivity contribution in [3.05, 3.63) is 90.0 Å². The summed E-state index contributed by atoms with van der Waals surface area (Å²) in [5, 5.41) is 9.09. The highest BCUT2D eigenvalue weighted by atomic mass is 31.2. The van der Waals surface area contributed by atoms with Gasteiger partial charge in [0.05, 0.1) is 11.1 Å². The summed E-state index contributed by atoms with van der Waals surface area (Å²) >= 11 is 0. The van der Waals surface area contributed by atoms with Crippen LogP contribution in [0.4, 0.5) is 13.2 Å². The molecule has 0 bridgehead atoms. The molecule has 0 unspecified atom stereocenters. The van der Waals surface area contributed by atoms with Gasteiger partial charge < -0.3 is 9.67 Å². The third kappa shape index (κ3) is 3.40. The number of carbonyl (C=O) groups is 1. The van der Waals surface area contributed by atoms with Gasteiger partial charge in [0.2, 0.25) is 0 Å². The molecule has 0 aliphatic carbocycles. The zero-order chi connectivity index (χ0) is 19.7. The molecule has 3 rings (SSSR count). The Hall–Kier alpha value is -2.85. The first kappa shape index (κ1) is 18.9. The molecule has 3 aromatic carbocycles. The number of halogens is 3. The molecule has 0 aliphatic heterocycles. The molecule has 138 valence electrons. The van der Waals surface area contributed by atoms with E-state index in [0.717, 1.165) is 18.2 Å². The lowest BCUT2D eigenvalue weighted by atomic mass is 10.1. The second-order valence-corrected chi connectivity index (χ2v) is 8.48. The van der Waals surface area contributed by atoms with Crippen molar-refractivity contribution in [3.8, 4) is 0 Å². The molecule has 0 aliphatic rings. The van der Waals surface area contributed by atoms with Crippen LogP contribution in [0.15, 0.2) is 78.9 Å². The fourth-order valence-electron chi connectivity index (χ4n) is 2.97. The molecule has 0 heterocycles. The molecule has 0 fully saturated rings. The van der Waals surface area contributed by atoms with E-state index in [0.29, 0.717) is 0 Å². The Morgan fingerprint density at radius 3 is 1.67 bits per heavy atom. The van der Waals surface area contributed by atoms with E-state index >= 15 is 0 Å². The molecule has 0 saturated heterocycles. The Morgan fingerprint density at radius 2 is 1.26 bits per heavy atom. The van der Waals surface area contributed by atoms with Crippen LogP contribution in [-0.2, 0) is 10.7 Å². The second kappa shape index (κ2) is 7.05. The molecule has 0 aromatic heterocycles. The lowest BCUT2D eigenvalue weighted by Crippen LogP contribution is -2.34. The highest BCUT2D eigenvalue weighted by molar-refractivity contribution is 7.85. The third-order valence-electron chi connectivity index (χ3n) is 4.13. The van der Waals surface area contributed by atoms with Crippen molar-refractivity contribution in [2.75, 3.05) is 0 Å². The van der Waals surface area contributed by atoms with Gasteiger partial charge in [-0.3, -0.25) is 0 Å². The Balaban J connectivity index is 2.49. The van der Waals surface area contributed by atoms with Gasteiger partial charge in [0.15, 0.2) is 7.14 Å². The Kier molecular flexibility index (Phi) is 4.94. The minimum absolute atomic E-state index is 0.135. The average molecular weight is 390 g/mol. The number of carboxylic acid groups (broad SMARTS) is 1. The molecule has 7 heteroatoms. The van der Waals surface area contributed by atoms with Crippen LogP contribution in [0.25, 0.3) is 0 Å². The third-order valence-corrected chi connectivity index (χ3v) is 7.29. The molecular formula is C20H14F3O3P. The molecule has 3 nitrogen and oxygen atoms in total. The summed E-state index contributed by atoms with van der Waals surface area (Å²) < 4.78 is 55.5. The number of hydrogen-bond acceptors (Lipinski definition) is 2. The zero-order valence-electron chi connectivity index (χ0n) is 13.9. The van der Waals surface area contributed by atoms with E-state index in [4.69, 9.17) is 0 Å². The average Bonchev–Trinajstić information content (AvgIpc) is 2.67. The van der Waals surface area contributed by atoms with Crippen molar-refractivity contribution in [1.29, 1.82) is 0 Å². The van der Waals surface area contributed by atoms with E-state index in [9.17, 15) is 27.6 Å². The van der Waals surface area contributed by atoms with Gasteiger partial charge in [-0.15, -0.1) is 0 Å². The van der Waals surface area contributed by atoms with Crippen LogP contribution in [0.1, 0.15) is 15.9 Å². The van der Waals surface area contributed by atoms with Crippen molar-refractivity contribution < 1.29 is 27.6 Å². The minimum Gasteiger partial charge on any atom is -0.478 e. The normalized spacial score (nSPS) is 12.0. The smallest absolute Gasteiger partial charge is 0.417 e. The van der Waals surface area contributed by atoms with Crippen molar-refractivity contribution in [2.45, 2.75) is 6.18 Å². The SMILES string of the molecule is O=C(O)c1cccc(C(F)(F)F)c1P(=O)(c1ccccc1)c1ccccc1. The molecule has 0 amide bonds. The number of carboxylic acids is 1. The Morgan fingerprint density at radius 1 is 0.778 bits per heavy atom. The van der Waals surface area contributed by atoms with E-state index in [1.54, 1.807) is 36.4 Å². The quantitative estimate of drug-likeness (QED) is 0.684. The fraction of sp³-hybridized carbons (Fsp3) is 0.0500. The number of benzene rings is 3. The van der Waals surface area contributed by atoms with E-state index in [1.165, 1.54) is 24.3 Å². The highest BCUT2D eigenvalue weighted by Gasteiger charge is 2.43. The maximum atomic E-state index is 14.2. The van der Waals surface area contributed by atoms with E-state index in [-0.39, 0.29) is 10.6 Å². The van der Waals surface area contributed by atoms with Gasteiger partial charge in [-0.05, 0) is 12.1 Å². The largest absolute Gasteiger partial charge is 0.478 e. The Bertz CT molecular complexity index is 972. The molecule has 0 spiro atoms. The zero-order valence-corrected chi connectivity index (χ0v) is 14.7. The standard InChI is InChI=1S/C20H14F3O3P/c21-20(22,23)17-13-7-12-16(19(24)25)18(17)27(26,14-8-3-1-4-9-14)15-10-5-2-6-11-15/h1-13H,(H,24,25). The maximum Gasteiger partial charge on any atom is 0.417 e. The molecule has 1 N–H and O–H groups in total. The summed E-state index contributed by atoms with van der Waals surface area (Å²) in [5.41, 5.74) is -1.83. The Labute approximate surface area is 153 Å². The highest BCUT2D eigenvalue weighted by Crippen LogP contribution is 2.47. The number of aromatic carboxylic acids is 1. The summed E-state index contributed by atoms with van der Waals surface area (Å²) in [5.74, 6) is -1.57. The first-order valence-corrected chi connectivity index (χ1v) is 9.62. The van der Waals surface area contributed by atoms with Gasteiger partial charge in [0, 0.05) is 15.9 Å². The van der Waals surface area contributed by atoms with E-state index in [1.807, 2.05) is 0 Å². The van der Waals surface area contributed by atoms with Crippen LogP contribution in [0.5, 0.6) is 0 Å². The lowest BCUT2D eigenvalue weighted by molar-refractivity contribution is -0.136. The molecule has 0 radical (unpaired) electrons. The minimum atomic E-state index is -4.86. The topological polar surface area (TPSA) is 54.4 Å². The van der Waals surface area contributed by atoms with Crippen LogP contribution in [0.2, 0.25) is 0 Å². The van der Waals surface area contributed by atoms with Crippen molar-refractivity contribution in [2.24, 2.45) is 0 Å². The lowest BCUT2D eigenvalue weighted by Gasteiger charge is -2.25. The van der Waals surface area contributed by atoms with Gasteiger partial charge in [-0.1, -0.05) is 66.7 Å². The predicted molar refractivity (Wildman–Crippen MR) is 97.8 cm³/mol. The van der Waals surface area contributed by atoms with Gasteiger partial charge in [-0.25, -0.2) is 4.79 Å². The van der Waals surface area contributed by atoms with E-state index < -0.39 is 35.7 Å². The number of rotatable bonds is 4. The van der Waals surface area contributed by atoms with Gasteiger partial charge in [0.1, 0.15) is 0 Å². The molecule has 27 heavy (non-hydrogen) atoms. The van der Waals surface area contributed by atoms with Crippen molar-refractivity contribution in [1.82, 2.24) is 0 Å². The summed E-state index contributed by atoms with van der Waals surface area (Å²) in [6, 6.07) is 18.1. The maximum absolute atomic E-state index is 14.2. The molecule has 0 saturated carbocycles. The van der Waals surface area contributed by atoms with Crippen LogP contribution >= 0.6 is 7.14 Å². The van der Waals surface area contributed by atoms with Crippen molar-refractivity contribution in [3.63, 3.8) is 0 Å². The number of hydrogen-bond donors (Lipinski definition) is 1. The van der Waals surface area contributed by atoms with Crippen LogP contribution in [-0.4, -0.2) is 11.1 Å². The molecular weight excluding hydrogens is 376 g/mol. The fourth-order valence-corrected chi connectivity index (χ4v) is 6.02. The molecule has 3 aromatic rings. The second-order valence-electron chi connectivity index (χ2n) is 5.79. The van der Waals surface area contributed by atoms with Crippen LogP contribution in [0.3, 0.4) is 0 Å². The van der Waals surface area contributed by atoms with Crippen LogP contribution in [0, 0.1) is 0 Å². The summed E-state index contributed by atoms with van der Waals surface area (Å²) in [6.45, 7) is 0. The van der Waals surface area contributed by atoms with Gasteiger partial charge in [-0.2, -0.15) is 13.2 Å². The summed E-state index contributed by atoms with van der Waals surface area (Å²) in [4.78, 5) is 11.7. The van der Waals surface area contributed by atoms with E-state index in [2.05, 4.69) is 0 Å². The molecule has 0 atom stereocenters. The van der Waals surface area contributed by atoms with Gasteiger partial charge in [0.25, 0.3) is 0 Å². The van der Waals surface area contributed by atoms with Gasteiger partial charge >= 0.3 is 12.1 Å². The monoisotopic (exact) mass is 390 g/mol. The van der Waals surface area contributed by atoms with Crippen LogP contribution < -0.4 is 15.9 Å². The summed E-state index contributed by atoms with van der Waals surface area (Å²) in [7, 11) is -4.10. The summed E-state index contributed by atoms with van der Waals surface area (Å²) in [6.07, 6.45) is -4.86. The first-order chi connectivity index (χ1) is 12.8.